The summed E-state index contributed by atoms with van der Waals surface area (Å²) in [6.45, 7) is 4.24. The minimum atomic E-state index is -4.72. The molecule has 0 aliphatic rings. The molecule has 1 aromatic heterocycles. The molecule has 24 heavy (non-hydrogen) atoms. The van der Waals surface area contributed by atoms with Crippen molar-refractivity contribution in [2.75, 3.05) is 6.54 Å². The molecule has 8 heteroatoms. The third kappa shape index (κ3) is 5.24. The molecule has 0 aliphatic heterocycles. The molecule has 0 radical (unpaired) electrons. The first-order valence-electron chi connectivity index (χ1n) is 7.52. The summed E-state index contributed by atoms with van der Waals surface area (Å²) in [4.78, 5) is 0. The van der Waals surface area contributed by atoms with Gasteiger partial charge in [-0.25, -0.2) is 0 Å². The van der Waals surface area contributed by atoms with Crippen LogP contribution in [-0.2, 0) is 0 Å². The predicted molar refractivity (Wildman–Crippen MR) is 82.5 cm³/mol. The molecule has 1 aromatic carbocycles. The van der Waals surface area contributed by atoms with Crippen LogP contribution in [0.15, 0.2) is 42.7 Å². The van der Waals surface area contributed by atoms with Gasteiger partial charge in [0.1, 0.15) is 5.75 Å². The molecule has 0 amide bonds. The van der Waals surface area contributed by atoms with Crippen molar-refractivity contribution in [3.05, 3.63) is 48.3 Å². The highest BCUT2D eigenvalue weighted by Crippen LogP contribution is 2.24. The number of ether oxygens (including phenoxy) is 1. The third-order valence-electron chi connectivity index (χ3n) is 3.80. The molecule has 5 nitrogen and oxygen atoms in total. The number of benzene rings is 1. The maximum absolute atomic E-state index is 12.1. The fourth-order valence-electron chi connectivity index (χ4n) is 2.23. The van der Waals surface area contributed by atoms with E-state index in [0.29, 0.717) is 5.56 Å². The number of nitrogens with one attached hydrogen (secondary N) is 1. The van der Waals surface area contributed by atoms with Gasteiger partial charge >= 0.3 is 6.36 Å². The molecule has 2 N–H and O–H groups in total. The Bertz CT molecular complexity index is 614. The van der Waals surface area contributed by atoms with Crippen molar-refractivity contribution in [2.45, 2.75) is 38.4 Å². The summed E-state index contributed by atoms with van der Waals surface area (Å²) in [6, 6.07) is 7.17. The second kappa shape index (κ2) is 7.67. The Morgan fingerprint density at radius 3 is 2.46 bits per heavy atom. The standard InChI is InChI=1S/C16H20F3N3O2/c1-11(12(2)22-9-3-8-21-22)20-10-15(23)13-4-6-14(7-5-13)24-16(17,18)19/h3-9,11-12,15,20,23H,10H2,1-2H3/t11-,12-,15-/m0/s1. The lowest BCUT2D eigenvalue weighted by molar-refractivity contribution is -0.274. The van der Waals surface area contributed by atoms with Crippen LogP contribution in [0.3, 0.4) is 0 Å². The summed E-state index contributed by atoms with van der Waals surface area (Å²) in [7, 11) is 0. The zero-order chi connectivity index (χ0) is 17.7. The molecule has 0 fully saturated rings. The van der Waals surface area contributed by atoms with Gasteiger partial charge in [0.25, 0.3) is 0 Å². The highest BCUT2D eigenvalue weighted by molar-refractivity contribution is 5.28. The maximum atomic E-state index is 12.1. The van der Waals surface area contributed by atoms with Gasteiger partial charge in [-0.2, -0.15) is 5.10 Å². The second-order valence-electron chi connectivity index (χ2n) is 5.56. The van der Waals surface area contributed by atoms with Gasteiger partial charge in [-0.05, 0) is 37.6 Å². The molecular weight excluding hydrogens is 323 g/mol. The molecule has 0 spiro atoms. The van der Waals surface area contributed by atoms with E-state index in [1.54, 1.807) is 6.20 Å². The lowest BCUT2D eigenvalue weighted by Crippen LogP contribution is -2.36. The highest BCUT2D eigenvalue weighted by atomic mass is 19.4. The van der Waals surface area contributed by atoms with Crippen LogP contribution in [-0.4, -0.2) is 33.8 Å². The van der Waals surface area contributed by atoms with E-state index >= 15 is 0 Å². The largest absolute Gasteiger partial charge is 0.573 e. The Morgan fingerprint density at radius 1 is 1.25 bits per heavy atom. The number of halogens is 3. The third-order valence-corrected chi connectivity index (χ3v) is 3.80. The van der Waals surface area contributed by atoms with Gasteiger partial charge < -0.3 is 15.2 Å². The zero-order valence-corrected chi connectivity index (χ0v) is 13.4. The lowest BCUT2D eigenvalue weighted by atomic mass is 10.1. The van der Waals surface area contributed by atoms with Crippen molar-refractivity contribution in [1.82, 2.24) is 15.1 Å². The van der Waals surface area contributed by atoms with Crippen molar-refractivity contribution in [3.63, 3.8) is 0 Å². The summed E-state index contributed by atoms with van der Waals surface area (Å²) in [5.41, 5.74) is 0.510. The first-order chi connectivity index (χ1) is 11.3. The summed E-state index contributed by atoms with van der Waals surface area (Å²) in [6.07, 6.45) is -2.00. The van der Waals surface area contributed by atoms with Crippen molar-refractivity contribution in [1.29, 1.82) is 0 Å². The number of aromatic nitrogens is 2. The Kier molecular flexibility index (Phi) is 5.84. The molecular formula is C16H20F3N3O2. The number of aliphatic hydroxyl groups excluding tert-OH is 1. The topological polar surface area (TPSA) is 59.3 Å². The minimum Gasteiger partial charge on any atom is -0.406 e. The number of rotatable bonds is 7. The van der Waals surface area contributed by atoms with E-state index < -0.39 is 12.5 Å². The first-order valence-corrected chi connectivity index (χ1v) is 7.52. The molecule has 2 rings (SSSR count). The summed E-state index contributed by atoms with van der Waals surface area (Å²) in [5.74, 6) is -0.313. The molecule has 0 aliphatic carbocycles. The van der Waals surface area contributed by atoms with Crippen LogP contribution in [0.1, 0.15) is 31.6 Å². The zero-order valence-electron chi connectivity index (χ0n) is 13.4. The summed E-state index contributed by atoms with van der Waals surface area (Å²) in [5, 5.41) is 17.5. The van der Waals surface area contributed by atoms with Crippen molar-refractivity contribution >= 4 is 0 Å². The Morgan fingerprint density at radius 2 is 1.92 bits per heavy atom. The average Bonchev–Trinajstić information content (AvgIpc) is 3.05. The quantitative estimate of drug-likeness (QED) is 0.811. The second-order valence-corrected chi connectivity index (χ2v) is 5.56. The van der Waals surface area contributed by atoms with Crippen LogP contribution >= 0.6 is 0 Å². The van der Waals surface area contributed by atoms with Gasteiger partial charge in [-0.15, -0.1) is 13.2 Å². The van der Waals surface area contributed by atoms with Gasteiger partial charge in [-0.1, -0.05) is 12.1 Å². The summed E-state index contributed by atoms with van der Waals surface area (Å²) >= 11 is 0. The molecule has 0 saturated carbocycles. The van der Waals surface area contributed by atoms with E-state index in [4.69, 9.17) is 0 Å². The van der Waals surface area contributed by atoms with E-state index in [1.807, 2.05) is 30.8 Å². The van der Waals surface area contributed by atoms with E-state index in [0.717, 1.165) is 0 Å². The van der Waals surface area contributed by atoms with Crippen LogP contribution in [0.4, 0.5) is 13.2 Å². The van der Waals surface area contributed by atoms with Gasteiger partial charge in [0, 0.05) is 25.0 Å². The van der Waals surface area contributed by atoms with Crippen LogP contribution < -0.4 is 10.1 Å². The van der Waals surface area contributed by atoms with Crippen molar-refractivity contribution < 1.29 is 23.0 Å². The fourth-order valence-corrected chi connectivity index (χ4v) is 2.23. The number of nitrogens with zero attached hydrogens (tertiary/aromatic N) is 2. The molecule has 0 saturated heterocycles. The first kappa shape index (κ1) is 18.3. The SMILES string of the molecule is C[C@H](NC[C@H](O)c1ccc(OC(F)(F)F)cc1)[C@H](C)n1cccn1. The van der Waals surface area contributed by atoms with Gasteiger partial charge in [-0.3, -0.25) is 4.68 Å². The number of hydrogen-bond donors (Lipinski definition) is 2. The monoisotopic (exact) mass is 343 g/mol. The lowest BCUT2D eigenvalue weighted by Gasteiger charge is -2.23. The number of alkyl halides is 3. The normalized spacial score (nSPS) is 15.8. The van der Waals surface area contributed by atoms with E-state index in [2.05, 4.69) is 15.2 Å². The van der Waals surface area contributed by atoms with Crippen molar-refractivity contribution in [3.8, 4) is 5.75 Å². The Balaban J connectivity index is 1.87. The molecule has 0 unspecified atom stereocenters. The number of aliphatic hydroxyl groups is 1. The van der Waals surface area contributed by atoms with Crippen LogP contribution in [0.25, 0.3) is 0 Å². The molecule has 3 atom stereocenters. The Hall–Kier alpha value is -2.06. The van der Waals surface area contributed by atoms with E-state index in [9.17, 15) is 18.3 Å². The smallest absolute Gasteiger partial charge is 0.406 e. The minimum absolute atomic E-state index is 0.0485. The van der Waals surface area contributed by atoms with E-state index in [1.165, 1.54) is 24.3 Å². The summed E-state index contributed by atoms with van der Waals surface area (Å²) < 4.78 is 42.0. The molecule has 1 heterocycles. The fraction of sp³-hybridized carbons (Fsp3) is 0.438. The van der Waals surface area contributed by atoms with Crippen LogP contribution in [0.5, 0.6) is 5.75 Å². The molecule has 132 valence electrons. The van der Waals surface area contributed by atoms with Crippen LogP contribution in [0.2, 0.25) is 0 Å². The van der Waals surface area contributed by atoms with Gasteiger partial charge in [0.05, 0.1) is 12.1 Å². The predicted octanol–water partition coefficient (Wildman–Crippen LogP) is 3.05. The molecule has 2 aromatic rings. The van der Waals surface area contributed by atoms with Gasteiger partial charge in [0.2, 0.25) is 0 Å². The van der Waals surface area contributed by atoms with Crippen molar-refractivity contribution in [2.24, 2.45) is 0 Å². The average molecular weight is 343 g/mol. The number of hydrogen-bond acceptors (Lipinski definition) is 4. The van der Waals surface area contributed by atoms with E-state index in [-0.39, 0.29) is 24.4 Å². The van der Waals surface area contributed by atoms with Gasteiger partial charge in [0.15, 0.2) is 0 Å². The highest BCUT2D eigenvalue weighted by Gasteiger charge is 2.31. The van der Waals surface area contributed by atoms with Crippen LogP contribution in [0, 0.1) is 0 Å². The maximum Gasteiger partial charge on any atom is 0.573 e. The Labute approximate surface area is 138 Å². The molecule has 0 bridgehead atoms.